The van der Waals surface area contributed by atoms with Gasteiger partial charge in [-0.3, -0.25) is 4.39 Å². The van der Waals surface area contributed by atoms with Crippen LogP contribution in [0.2, 0.25) is 0 Å². The van der Waals surface area contributed by atoms with E-state index in [-0.39, 0.29) is 26.5 Å². The number of aliphatic hydroxyl groups excluding tert-OH is 3. The second kappa shape index (κ2) is 24.6. The molecular weight excluding hydrogens is 487 g/mol. The third-order valence-electron chi connectivity index (χ3n) is 5.69. The summed E-state index contributed by atoms with van der Waals surface area (Å²) in [4.78, 5) is 8.00. The molecule has 1 aliphatic rings. The van der Waals surface area contributed by atoms with Crippen molar-refractivity contribution in [1.29, 1.82) is 0 Å². The summed E-state index contributed by atoms with van der Waals surface area (Å²) in [5, 5.41) is 24.3. The predicted octanol–water partition coefficient (Wildman–Crippen LogP) is 5.91. The lowest BCUT2D eigenvalue weighted by Gasteiger charge is -2.19. The van der Waals surface area contributed by atoms with Gasteiger partial charge in [-0.1, -0.05) is 43.2 Å². The molecule has 7 heteroatoms. The SMILES string of the molecule is C=CCCOC1=CC(c2cc(OCCC(=C)CCO)ccc2CCCCCCF)=CCC1.C=O.OCCO. The summed E-state index contributed by atoms with van der Waals surface area (Å²) < 4.78 is 24.3. The summed E-state index contributed by atoms with van der Waals surface area (Å²) in [5.74, 6) is 1.86. The van der Waals surface area contributed by atoms with E-state index in [0.29, 0.717) is 26.1 Å². The van der Waals surface area contributed by atoms with Gasteiger partial charge in [0.05, 0.1) is 38.9 Å². The molecule has 0 aromatic heterocycles. The van der Waals surface area contributed by atoms with Gasteiger partial charge in [0.2, 0.25) is 0 Å². The van der Waals surface area contributed by atoms with Gasteiger partial charge >= 0.3 is 0 Å². The van der Waals surface area contributed by atoms with Gasteiger partial charge in [0, 0.05) is 19.4 Å². The maximum atomic E-state index is 12.4. The smallest absolute Gasteiger partial charge is 0.119 e. The molecule has 0 saturated heterocycles. The Labute approximate surface area is 228 Å². The average Bonchev–Trinajstić information content (AvgIpc) is 2.95. The highest BCUT2D eigenvalue weighted by Gasteiger charge is 2.13. The van der Waals surface area contributed by atoms with E-state index >= 15 is 0 Å². The van der Waals surface area contributed by atoms with Crippen molar-refractivity contribution in [2.24, 2.45) is 0 Å². The number of hydrogen-bond acceptors (Lipinski definition) is 6. The van der Waals surface area contributed by atoms with Crippen LogP contribution in [0.25, 0.3) is 5.57 Å². The van der Waals surface area contributed by atoms with Gasteiger partial charge in [-0.2, -0.15) is 0 Å². The zero-order valence-corrected chi connectivity index (χ0v) is 22.8. The first-order valence-corrected chi connectivity index (χ1v) is 13.3. The molecule has 6 nitrogen and oxygen atoms in total. The van der Waals surface area contributed by atoms with Crippen LogP contribution >= 0.6 is 0 Å². The van der Waals surface area contributed by atoms with Crippen LogP contribution in [0.3, 0.4) is 0 Å². The molecule has 0 unspecified atom stereocenters. The summed E-state index contributed by atoms with van der Waals surface area (Å²) in [6, 6.07) is 6.31. The number of benzene rings is 1. The first-order chi connectivity index (χ1) is 18.6. The normalized spacial score (nSPS) is 12.1. The third kappa shape index (κ3) is 16.2. The van der Waals surface area contributed by atoms with Crippen LogP contribution in [0.1, 0.15) is 68.9 Å². The fourth-order valence-electron chi connectivity index (χ4n) is 3.74. The zero-order chi connectivity index (χ0) is 28.4. The van der Waals surface area contributed by atoms with Crippen molar-refractivity contribution in [2.75, 3.05) is 39.7 Å². The van der Waals surface area contributed by atoms with Gasteiger partial charge in [0.25, 0.3) is 0 Å². The summed E-state index contributed by atoms with van der Waals surface area (Å²) in [6.07, 6.45) is 15.0. The standard InChI is InChI=1S/C28H39FO3.C2H6O2.CH2O/c1-3-4-19-31-26-12-9-11-25(21-26)28-22-27(32-20-16-23(2)15-18-30)14-13-24(28)10-7-5-6-8-17-29;3-1-2-4;1-2/h3,11,13-14,21-22,30H,1-2,4-10,12,15-20H2;3-4H,1-2H2;1H2. The highest BCUT2D eigenvalue weighted by molar-refractivity contribution is 5.78. The third-order valence-corrected chi connectivity index (χ3v) is 5.69. The molecule has 0 heterocycles. The van der Waals surface area contributed by atoms with Gasteiger partial charge in [0.1, 0.15) is 12.5 Å². The van der Waals surface area contributed by atoms with Gasteiger partial charge < -0.3 is 29.6 Å². The highest BCUT2D eigenvalue weighted by Crippen LogP contribution is 2.32. The highest BCUT2D eigenvalue weighted by atomic mass is 19.1. The average molecular weight is 535 g/mol. The lowest BCUT2D eigenvalue weighted by molar-refractivity contribution is -0.0980. The van der Waals surface area contributed by atoms with Crippen molar-refractivity contribution >= 4 is 12.4 Å². The maximum absolute atomic E-state index is 12.4. The summed E-state index contributed by atoms with van der Waals surface area (Å²) in [7, 11) is 0. The number of halogens is 1. The summed E-state index contributed by atoms with van der Waals surface area (Å²) >= 11 is 0. The van der Waals surface area contributed by atoms with E-state index in [0.717, 1.165) is 68.4 Å². The van der Waals surface area contributed by atoms with Gasteiger partial charge in [-0.15, -0.1) is 6.58 Å². The van der Waals surface area contributed by atoms with E-state index in [1.807, 2.05) is 18.9 Å². The Bertz CT molecular complexity index is 832. The van der Waals surface area contributed by atoms with Crippen molar-refractivity contribution in [2.45, 2.75) is 64.2 Å². The molecule has 0 fully saturated rings. The lowest BCUT2D eigenvalue weighted by atomic mass is 9.92. The number of allylic oxidation sites excluding steroid dienone is 4. The Morgan fingerprint density at radius 1 is 0.974 bits per heavy atom. The number of carbonyl (C=O) groups excluding carboxylic acids is 1. The van der Waals surface area contributed by atoms with Crippen molar-refractivity contribution in [3.05, 3.63) is 72.0 Å². The molecule has 1 aromatic rings. The minimum Gasteiger partial charge on any atom is -0.498 e. The Kier molecular flexibility index (Phi) is 22.8. The van der Waals surface area contributed by atoms with Crippen molar-refractivity contribution in [3.8, 4) is 5.75 Å². The van der Waals surface area contributed by atoms with E-state index < -0.39 is 0 Å². The number of alkyl halides is 1. The number of aliphatic hydroxyl groups is 3. The van der Waals surface area contributed by atoms with Crippen molar-refractivity contribution < 1.29 is 34.0 Å². The molecule has 0 atom stereocenters. The van der Waals surface area contributed by atoms with Crippen LogP contribution < -0.4 is 4.74 Å². The molecule has 0 spiro atoms. The maximum Gasteiger partial charge on any atom is 0.119 e. The van der Waals surface area contributed by atoms with Crippen LogP contribution in [0.4, 0.5) is 4.39 Å². The number of hydrogen-bond donors (Lipinski definition) is 3. The number of ether oxygens (including phenoxy) is 2. The van der Waals surface area contributed by atoms with Crippen LogP contribution in [0.5, 0.6) is 5.75 Å². The zero-order valence-electron chi connectivity index (χ0n) is 22.8. The predicted molar refractivity (Wildman–Crippen MR) is 153 cm³/mol. The molecule has 3 N–H and O–H groups in total. The second-order valence-electron chi connectivity index (χ2n) is 8.68. The van der Waals surface area contributed by atoms with Crippen molar-refractivity contribution in [3.63, 3.8) is 0 Å². The van der Waals surface area contributed by atoms with Crippen LogP contribution in [0, 0.1) is 0 Å². The van der Waals surface area contributed by atoms with Crippen LogP contribution in [-0.2, 0) is 16.0 Å². The van der Waals surface area contributed by atoms with Gasteiger partial charge in [-0.25, -0.2) is 0 Å². The quantitative estimate of drug-likeness (QED) is 0.160. The molecule has 1 aliphatic carbocycles. The van der Waals surface area contributed by atoms with E-state index in [9.17, 15) is 4.39 Å². The Morgan fingerprint density at radius 2 is 1.71 bits per heavy atom. The molecule has 0 saturated carbocycles. The monoisotopic (exact) mass is 534 g/mol. The summed E-state index contributed by atoms with van der Waals surface area (Å²) in [5.41, 5.74) is 4.65. The molecule has 38 heavy (non-hydrogen) atoms. The van der Waals surface area contributed by atoms with E-state index in [1.54, 1.807) is 0 Å². The van der Waals surface area contributed by atoms with E-state index in [4.69, 9.17) is 29.6 Å². The van der Waals surface area contributed by atoms with E-state index in [1.165, 1.54) is 16.7 Å². The molecule has 1 aromatic carbocycles. The molecular formula is C31H47FO6. The lowest BCUT2D eigenvalue weighted by Crippen LogP contribution is -2.03. The number of rotatable bonds is 18. The Morgan fingerprint density at radius 3 is 2.37 bits per heavy atom. The summed E-state index contributed by atoms with van der Waals surface area (Å²) in [6.45, 7) is 10.6. The molecule has 0 aliphatic heterocycles. The van der Waals surface area contributed by atoms with Gasteiger partial charge in [-0.05, 0) is 73.4 Å². The van der Waals surface area contributed by atoms with Crippen molar-refractivity contribution in [1.82, 2.24) is 0 Å². The molecule has 214 valence electrons. The second-order valence-corrected chi connectivity index (χ2v) is 8.68. The first-order valence-electron chi connectivity index (χ1n) is 13.3. The van der Waals surface area contributed by atoms with Crippen LogP contribution in [-0.4, -0.2) is 61.8 Å². The Hall–Kier alpha value is -2.74. The minimum atomic E-state index is -0.228. The molecule has 0 amide bonds. The molecule has 0 bridgehead atoms. The molecule has 0 radical (unpaired) electrons. The van der Waals surface area contributed by atoms with Gasteiger partial charge in [0.15, 0.2) is 0 Å². The molecule has 2 rings (SSSR count). The number of carbonyl (C=O) groups is 1. The van der Waals surface area contributed by atoms with Crippen LogP contribution in [0.15, 0.2) is 60.9 Å². The number of unbranched alkanes of at least 4 members (excludes halogenated alkanes) is 3. The first kappa shape index (κ1) is 35.3. The minimum absolute atomic E-state index is 0.125. The number of aryl methyl sites for hydroxylation is 1. The fourth-order valence-corrected chi connectivity index (χ4v) is 3.74. The fraction of sp³-hybridized carbons (Fsp3) is 0.516. The van der Waals surface area contributed by atoms with E-state index in [2.05, 4.69) is 37.4 Å². The Balaban J connectivity index is 0.00000208. The topological polar surface area (TPSA) is 96.2 Å². The largest absolute Gasteiger partial charge is 0.498 e.